The minimum Gasteiger partial charge on any atom is -0.489 e. The molecule has 0 aliphatic carbocycles. The van der Waals surface area contributed by atoms with Crippen molar-refractivity contribution in [2.75, 3.05) is 13.2 Å². The molecule has 1 aliphatic rings. The maximum Gasteiger partial charge on any atom is 0.410 e. The Hall–Kier alpha value is -1.30. The van der Waals surface area contributed by atoms with Crippen LogP contribution in [0.2, 0.25) is 0 Å². The Labute approximate surface area is 127 Å². The van der Waals surface area contributed by atoms with Crippen molar-refractivity contribution in [1.29, 1.82) is 0 Å². The van der Waals surface area contributed by atoms with Crippen molar-refractivity contribution in [1.82, 2.24) is 9.88 Å². The monoisotopic (exact) mass is 342 g/mol. The number of carbonyl (C=O) groups is 1. The van der Waals surface area contributed by atoms with Crippen LogP contribution < -0.4 is 4.74 Å². The molecule has 0 spiro atoms. The minimum atomic E-state index is -0.468. The number of halogens is 1. The second-order valence-corrected chi connectivity index (χ2v) is 6.59. The van der Waals surface area contributed by atoms with E-state index in [1.54, 1.807) is 17.3 Å². The summed E-state index contributed by atoms with van der Waals surface area (Å²) >= 11 is 3.40. The Bertz CT molecular complexity index is 488. The maximum absolute atomic E-state index is 12.0. The number of likely N-dealkylation sites (tertiary alicyclic amines) is 1. The molecule has 0 aromatic carbocycles. The SMILES string of the molecule is CC(C)(C)OC(=O)N1CC[C@H]1COc1cnccc1Br. The second-order valence-electron chi connectivity index (χ2n) is 5.73. The molecule has 1 aromatic rings. The lowest BCUT2D eigenvalue weighted by atomic mass is 10.1. The van der Waals surface area contributed by atoms with Gasteiger partial charge < -0.3 is 14.4 Å². The summed E-state index contributed by atoms with van der Waals surface area (Å²) < 4.78 is 11.9. The number of nitrogens with zero attached hydrogens (tertiary/aromatic N) is 2. The van der Waals surface area contributed by atoms with Gasteiger partial charge in [0.2, 0.25) is 0 Å². The Balaban J connectivity index is 1.86. The van der Waals surface area contributed by atoms with Gasteiger partial charge >= 0.3 is 6.09 Å². The Morgan fingerprint density at radius 2 is 2.30 bits per heavy atom. The van der Waals surface area contributed by atoms with Crippen LogP contribution in [0.4, 0.5) is 4.79 Å². The van der Waals surface area contributed by atoms with Gasteiger partial charge in [0.05, 0.1) is 16.7 Å². The number of ether oxygens (including phenoxy) is 2. The second kappa shape index (κ2) is 5.99. The van der Waals surface area contributed by atoms with E-state index in [4.69, 9.17) is 9.47 Å². The first kappa shape index (κ1) is 15.1. The number of rotatable bonds is 3. The highest BCUT2D eigenvalue weighted by Crippen LogP contribution is 2.26. The molecule has 1 saturated heterocycles. The third-order valence-electron chi connectivity index (χ3n) is 2.94. The van der Waals surface area contributed by atoms with Crippen LogP contribution in [0.1, 0.15) is 27.2 Å². The summed E-state index contributed by atoms with van der Waals surface area (Å²) in [5.41, 5.74) is -0.468. The molecule has 1 fully saturated rings. The molecule has 20 heavy (non-hydrogen) atoms. The van der Waals surface area contributed by atoms with Gasteiger partial charge in [-0.05, 0) is 49.2 Å². The van der Waals surface area contributed by atoms with Crippen molar-refractivity contribution in [3.8, 4) is 5.75 Å². The summed E-state index contributed by atoms with van der Waals surface area (Å²) in [5.74, 6) is 0.684. The Morgan fingerprint density at radius 1 is 1.55 bits per heavy atom. The van der Waals surface area contributed by atoms with Gasteiger partial charge in [0, 0.05) is 12.7 Å². The highest BCUT2D eigenvalue weighted by molar-refractivity contribution is 9.10. The van der Waals surface area contributed by atoms with Gasteiger partial charge in [-0.15, -0.1) is 0 Å². The first-order valence-electron chi connectivity index (χ1n) is 6.59. The first-order chi connectivity index (χ1) is 9.37. The van der Waals surface area contributed by atoms with Crippen LogP contribution in [0.3, 0.4) is 0 Å². The average Bonchev–Trinajstić information content (AvgIpc) is 2.27. The minimum absolute atomic E-state index is 0.0666. The van der Waals surface area contributed by atoms with Crippen molar-refractivity contribution >= 4 is 22.0 Å². The number of pyridine rings is 1. The highest BCUT2D eigenvalue weighted by Gasteiger charge is 2.35. The summed E-state index contributed by atoms with van der Waals surface area (Å²) in [6.45, 7) is 6.76. The number of hydrogen-bond donors (Lipinski definition) is 0. The van der Waals surface area contributed by atoms with Gasteiger partial charge in [0.15, 0.2) is 5.75 Å². The molecule has 110 valence electrons. The lowest BCUT2D eigenvalue weighted by Gasteiger charge is -2.41. The van der Waals surface area contributed by atoms with Crippen LogP contribution >= 0.6 is 15.9 Å². The largest absolute Gasteiger partial charge is 0.489 e. The van der Waals surface area contributed by atoms with Crippen LogP contribution in [0.25, 0.3) is 0 Å². The predicted molar refractivity (Wildman–Crippen MR) is 78.8 cm³/mol. The third kappa shape index (κ3) is 3.85. The third-order valence-corrected chi connectivity index (χ3v) is 3.59. The van der Waals surface area contributed by atoms with Gasteiger partial charge in [-0.1, -0.05) is 0 Å². The molecular formula is C14H19BrN2O3. The number of amides is 1. The lowest BCUT2D eigenvalue weighted by molar-refractivity contribution is -0.0142. The van der Waals surface area contributed by atoms with Crippen LogP contribution in [-0.2, 0) is 4.74 Å². The smallest absolute Gasteiger partial charge is 0.410 e. The predicted octanol–water partition coefficient (Wildman–Crippen LogP) is 3.23. The molecule has 1 amide bonds. The van der Waals surface area contributed by atoms with Crippen LogP contribution in [0.5, 0.6) is 5.75 Å². The number of aromatic nitrogens is 1. The zero-order valence-corrected chi connectivity index (χ0v) is 13.5. The van der Waals surface area contributed by atoms with E-state index in [1.165, 1.54) is 0 Å². The molecule has 2 rings (SSSR count). The Kier molecular flexibility index (Phi) is 4.52. The summed E-state index contributed by atoms with van der Waals surface area (Å²) in [4.78, 5) is 17.7. The summed E-state index contributed by atoms with van der Waals surface area (Å²) in [6, 6.07) is 1.89. The van der Waals surface area contributed by atoms with Crippen LogP contribution in [-0.4, -0.2) is 40.8 Å². The zero-order valence-electron chi connectivity index (χ0n) is 11.9. The van der Waals surface area contributed by atoms with E-state index in [2.05, 4.69) is 20.9 Å². The van der Waals surface area contributed by atoms with E-state index in [0.29, 0.717) is 12.4 Å². The molecule has 0 unspecified atom stereocenters. The lowest BCUT2D eigenvalue weighted by Crippen LogP contribution is -2.55. The van der Waals surface area contributed by atoms with Crippen LogP contribution in [0.15, 0.2) is 22.9 Å². The zero-order chi connectivity index (χ0) is 14.8. The quantitative estimate of drug-likeness (QED) is 0.846. The van der Waals surface area contributed by atoms with Crippen molar-refractivity contribution in [2.45, 2.75) is 38.8 Å². The van der Waals surface area contributed by atoms with E-state index >= 15 is 0 Å². The fourth-order valence-corrected chi connectivity index (χ4v) is 2.17. The molecule has 6 heteroatoms. The van der Waals surface area contributed by atoms with E-state index in [-0.39, 0.29) is 12.1 Å². The topological polar surface area (TPSA) is 51.7 Å². The highest BCUT2D eigenvalue weighted by atomic mass is 79.9. The van der Waals surface area contributed by atoms with Gasteiger partial charge in [-0.2, -0.15) is 0 Å². The molecule has 0 radical (unpaired) electrons. The molecular weight excluding hydrogens is 324 g/mol. The molecule has 0 saturated carbocycles. The van der Waals surface area contributed by atoms with Gasteiger partial charge in [0.1, 0.15) is 12.2 Å². The average molecular weight is 343 g/mol. The van der Waals surface area contributed by atoms with Crippen molar-refractivity contribution in [2.24, 2.45) is 0 Å². The van der Waals surface area contributed by atoms with E-state index in [1.807, 2.05) is 26.8 Å². The number of hydrogen-bond acceptors (Lipinski definition) is 4. The summed E-state index contributed by atoms with van der Waals surface area (Å²) in [7, 11) is 0. The maximum atomic E-state index is 12.0. The molecule has 1 aliphatic heterocycles. The first-order valence-corrected chi connectivity index (χ1v) is 7.38. The summed E-state index contributed by atoms with van der Waals surface area (Å²) in [5, 5.41) is 0. The molecule has 0 N–H and O–H groups in total. The standard InChI is InChI=1S/C14H19BrN2O3/c1-14(2,3)20-13(18)17-7-5-10(17)9-19-12-8-16-6-4-11(12)15/h4,6,8,10H,5,7,9H2,1-3H3/t10-/m0/s1. The van der Waals surface area contributed by atoms with Gasteiger partial charge in [0.25, 0.3) is 0 Å². The van der Waals surface area contributed by atoms with Gasteiger partial charge in [-0.3, -0.25) is 4.98 Å². The molecule has 5 nitrogen and oxygen atoms in total. The van der Waals surface area contributed by atoms with Crippen LogP contribution in [0, 0.1) is 0 Å². The molecule has 0 bridgehead atoms. The van der Waals surface area contributed by atoms with E-state index in [9.17, 15) is 4.79 Å². The number of carbonyl (C=O) groups excluding carboxylic acids is 1. The van der Waals surface area contributed by atoms with Crippen molar-refractivity contribution in [3.63, 3.8) is 0 Å². The molecule has 1 atom stereocenters. The molecule has 1 aromatic heterocycles. The normalized spacial score (nSPS) is 18.4. The fraction of sp³-hybridized carbons (Fsp3) is 0.571. The molecule has 2 heterocycles. The van der Waals surface area contributed by atoms with Crippen molar-refractivity contribution < 1.29 is 14.3 Å². The van der Waals surface area contributed by atoms with Crippen molar-refractivity contribution in [3.05, 3.63) is 22.9 Å². The Morgan fingerprint density at radius 3 is 2.85 bits per heavy atom. The van der Waals surface area contributed by atoms with E-state index < -0.39 is 5.60 Å². The van der Waals surface area contributed by atoms with E-state index in [0.717, 1.165) is 17.4 Å². The summed E-state index contributed by atoms with van der Waals surface area (Å²) in [6.07, 6.45) is 3.99. The van der Waals surface area contributed by atoms with Gasteiger partial charge in [-0.25, -0.2) is 4.79 Å². The fourth-order valence-electron chi connectivity index (χ4n) is 1.83.